The number of halogens is 1. The van der Waals surface area contributed by atoms with Crippen LogP contribution in [0.1, 0.15) is 11.7 Å². The average Bonchev–Trinajstić information content (AvgIpc) is 2.04. The lowest BCUT2D eigenvalue weighted by Crippen LogP contribution is -2.17. The monoisotopic (exact) mass is 183 g/mol. The molecule has 1 aromatic carbocycles. The van der Waals surface area contributed by atoms with Gasteiger partial charge in [-0.2, -0.15) is 0 Å². The lowest BCUT2D eigenvalue weighted by molar-refractivity contribution is 0.251. The van der Waals surface area contributed by atoms with Gasteiger partial charge >= 0.3 is 0 Å². The quantitative estimate of drug-likeness (QED) is 0.774. The first-order valence-corrected chi connectivity index (χ1v) is 4.17. The molecule has 0 fully saturated rings. The van der Waals surface area contributed by atoms with Crippen LogP contribution in [0.2, 0.25) is 0 Å². The van der Waals surface area contributed by atoms with Gasteiger partial charge in [-0.05, 0) is 31.8 Å². The van der Waals surface area contributed by atoms with Gasteiger partial charge in [0.15, 0.2) is 0 Å². The fourth-order valence-electron chi connectivity index (χ4n) is 1.11. The summed E-state index contributed by atoms with van der Waals surface area (Å²) in [4.78, 5) is 1.79. The maximum absolute atomic E-state index is 13.4. The Balaban J connectivity index is 2.66. The minimum absolute atomic E-state index is 0.167. The molecule has 0 aliphatic rings. The molecule has 0 saturated heterocycles. The van der Waals surface area contributed by atoms with Crippen LogP contribution in [0.3, 0.4) is 0 Å². The van der Waals surface area contributed by atoms with Crippen LogP contribution in [0.25, 0.3) is 0 Å². The third kappa shape index (κ3) is 3.03. The number of likely N-dealkylation sites (N-methyl/N-ethyl adjacent to an activating group) is 1. The van der Waals surface area contributed by atoms with Gasteiger partial charge in [0.1, 0.15) is 11.9 Å². The Kier molecular flexibility index (Phi) is 3.25. The van der Waals surface area contributed by atoms with Crippen molar-refractivity contribution in [2.75, 3.05) is 20.6 Å². The van der Waals surface area contributed by atoms with Gasteiger partial charge in [-0.15, -0.1) is 0 Å². The molecule has 0 aromatic heterocycles. The van der Waals surface area contributed by atoms with E-state index in [2.05, 4.69) is 0 Å². The van der Waals surface area contributed by atoms with E-state index >= 15 is 0 Å². The Morgan fingerprint density at radius 3 is 2.31 bits per heavy atom. The van der Waals surface area contributed by atoms with E-state index in [4.69, 9.17) is 5.11 Å². The summed E-state index contributed by atoms with van der Waals surface area (Å²) in [5.74, 6) is 0.167. The number of hydrogen-bond donors (Lipinski definition) is 1. The van der Waals surface area contributed by atoms with Crippen molar-refractivity contribution in [3.63, 3.8) is 0 Å². The SMILES string of the molecule is CN(C)CC(F)c1ccc(O)cc1. The van der Waals surface area contributed by atoms with Crippen molar-refractivity contribution in [1.82, 2.24) is 4.90 Å². The summed E-state index contributed by atoms with van der Waals surface area (Å²) in [6, 6.07) is 6.20. The highest BCUT2D eigenvalue weighted by Crippen LogP contribution is 2.20. The standard InChI is InChI=1S/C10H14FNO/c1-12(2)7-10(11)8-3-5-9(13)6-4-8/h3-6,10,13H,7H2,1-2H3. The summed E-state index contributed by atoms with van der Waals surface area (Å²) in [5.41, 5.74) is 0.603. The summed E-state index contributed by atoms with van der Waals surface area (Å²) >= 11 is 0. The van der Waals surface area contributed by atoms with Gasteiger partial charge in [-0.25, -0.2) is 4.39 Å². The second-order valence-electron chi connectivity index (χ2n) is 3.32. The lowest BCUT2D eigenvalue weighted by atomic mass is 10.1. The first-order valence-electron chi connectivity index (χ1n) is 4.17. The number of hydrogen-bond acceptors (Lipinski definition) is 2. The third-order valence-corrected chi connectivity index (χ3v) is 1.78. The molecule has 2 nitrogen and oxygen atoms in total. The first kappa shape index (κ1) is 9.99. The zero-order chi connectivity index (χ0) is 9.84. The molecule has 0 heterocycles. The van der Waals surface area contributed by atoms with Gasteiger partial charge in [-0.1, -0.05) is 12.1 Å². The molecule has 0 aliphatic heterocycles. The summed E-state index contributed by atoms with van der Waals surface area (Å²) in [7, 11) is 3.65. The van der Waals surface area contributed by atoms with Gasteiger partial charge in [0.25, 0.3) is 0 Å². The number of nitrogens with zero attached hydrogens (tertiary/aromatic N) is 1. The Morgan fingerprint density at radius 1 is 1.31 bits per heavy atom. The van der Waals surface area contributed by atoms with E-state index in [-0.39, 0.29) is 5.75 Å². The van der Waals surface area contributed by atoms with Crippen molar-refractivity contribution in [3.05, 3.63) is 29.8 Å². The molecule has 1 aromatic rings. The number of aromatic hydroxyl groups is 1. The van der Waals surface area contributed by atoms with Gasteiger partial charge in [0.05, 0.1) is 0 Å². The second kappa shape index (κ2) is 4.23. The topological polar surface area (TPSA) is 23.5 Å². The fraction of sp³-hybridized carbons (Fsp3) is 0.400. The van der Waals surface area contributed by atoms with Crippen molar-refractivity contribution >= 4 is 0 Å². The Labute approximate surface area is 77.6 Å². The highest BCUT2D eigenvalue weighted by molar-refractivity contribution is 5.27. The van der Waals surface area contributed by atoms with Gasteiger partial charge < -0.3 is 10.0 Å². The average molecular weight is 183 g/mol. The lowest BCUT2D eigenvalue weighted by Gasteiger charge is -2.13. The highest BCUT2D eigenvalue weighted by Gasteiger charge is 2.09. The molecule has 3 heteroatoms. The van der Waals surface area contributed by atoms with Crippen molar-refractivity contribution in [1.29, 1.82) is 0 Å². The van der Waals surface area contributed by atoms with Gasteiger partial charge in [0.2, 0.25) is 0 Å². The molecule has 0 bridgehead atoms. The van der Waals surface area contributed by atoms with E-state index in [1.807, 2.05) is 14.1 Å². The summed E-state index contributed by atoms with van der Waals surface area (Å²) in [5, 5.41) is 8.99. The van der Waals surface area contributed by atoms with Gasteiger partial charge in [-0.3, -0.25) is 0 Å². The van der Waals surface area contributed by atoms with E-state index in [0.717, 1.165) is 0 Å². The Hall–Kier alpha value is -1.09. The molecular weight excluding hydrogens is 169 g/mol. The van der Waals surface area contributed by atoms with Crippen LogP contribution in [0, 0.1) is 0 Å². The summed E-state index contributed by atoms with van der Waals surface area (Å²) in [6.45, 7) is 0.366. The molecule has 0 amide bonds. The van der Waals surface area contributed by atoms with Crippen molar-refractivity contribution < 1.29 is 9.50 Å². The predicted octanol–water partition coefficient (Wildman–Crippen LogP) is 1.96. The maximum Gasteiger partial charge on any atom is 0.138 e. The van der Waals surface area contributed by atoms with Crippen molar-refractivity contribution in [2.24, 2.45) is 0 Å². The number of benzene rings is 1. The van der Waals surface area contributed by atoms with E-state index in [1.54, 1.807) is 17.0 Å². The number of rotatable bonds is 3. The van der Waals surface area contributed by atoms with E-state index in [0.29, 0.717) is 12.1 Å². The minimum atomic E-state index is -0.990. The molecule has 1 rings (SSSR count). The zero-order valence-electron chi connectivity index (χ0n) is 7.87. The maximum atomic E-state index is 13.4. The van der Waals surface area contributed by atoms with Crippen molar-refractivity contribution in [2.45, 2.75) is 6.17 Å². The predicted molar refractivity (Wildman–Crippen MR) is 50.5 cm³/mol. The molecule has 72 valence electrons. The molecule has 0 saturated carbocycles. The van der Waals surface area contributed by atoms with E-state index in [1.165, 1.54) is 12.1 Å². The van der Waals surface area contributed by atoms with Crippen LogP contribution in [0.4, 0.5) is 4.39 Å². The molecular formula is C10H14FNO. The largest absolute Gasteiger partial charge is 0.508 e. The Bertz CT molecular complexity index is 258. The highest BCUT2D eigenvalue weighted by atomic mass is 19.1. The van der Waals surface area contributed by atoms with Crippen LogP contribution in [0.15, 0.2) is 24.3 Å². The van der Waals surface area contributed by atoms with Crippen LogP contribution in [-0.2, 0) is 0 Å². The second-order valence-corrected chi connectivity index (χ2v) is 3.32. The minimum Gasteiger partial charge on any atom is -0.508 e. The normalized spacial score (nSPS) is 13.2. The summed E-state index contributed by atoms with van der Waals surface area (Å²) in [6.07, 6.45) is -0.990. The van der Waals surface area contributed by atoms with Gasteiger partial charge in [0, 0.05) is 6.54 Å². The molecule has 0 spiro atoms. The van der Waals surface area contributed by atoms with Crippen LogP contribution in [0.5, 0.6) is 5.75 Å². The molecule has 0 radical (unpaired) electrons. The number of phenols is 1. The number of alkyl halides is 1. The smallest absolute Gasteiger partial charge is 0.138 e. The zero-order valence-corrected chi connectivity index (χ0v) is 7.87. The van der Waals surface area contributed by atoms with Crippen molar-refractivity contribution in [3.8, 4) is 5.75 Å². The molecule has 0 aliphatic carbocycles. The summed E-state index contributed by atoms with van der Waals surface area (Å²) < 4.78 is 13.4. The molecule has 13 heavy (non-hydrogen) atoms. The third-order valence-electron chi connectivity index (χ3n) is 1.78. The van der Waals surface area contributed by atoms with Crippen LogP contribution < -0.4 is 0 Å². The van der Waals surface area contributed by atoms with Crippen LogP contribution >= 0.6 is 0 Å². The fourth-order valence-corrected chi connectivity index (χ4v) is 1.11. The van der Waals surface area contributed by atoms with E-state index < -0.39 is 6.17 Å². The molecule has 1 atom stereocenters. The Morgan fingerprint density at radius 2 is 1.85 bits per heavy atom. The molecule has 1 N–H and O–H groups in total. The number of phenolic OH excluding ortho intramolecular Hbond substituents is 1. The molecule has 1 unspecified atom stereocenters. The van der Waals surface area contributed by atoms with Crippen LogP contribution in [-0.4, -0.2) is 30.6 Å². The first-order chi connectivity index (χ1) is 6.09. The van der Waals surface area contributed by atoms with E-state index in [9.17, 15) is 4.39 Å².